The molecule has 0 radical (unpaired) electrons. The molecule has 3 heteroatoms. The Morgan fingerprint density at radius 2 is 1.40 bits per heavy atom. The Bertz CT molecular complexity index is 36.6. The molecule has 0 fully saturated rings. The van der Waals surface area contributed by atoms with Gasteiger partial charge in [-0.3, -0.25) is 0 Å². The van der Waals surface area contributed by atoms with E-state index < -0.39 is 0 Å². The fraction of sp³-hybridized carbons (Fsp3) is 1.00. The Morgan fingerprint density at radius 3 is 1.80 bits per heavy atom. The van der Waals surface area contributed by atoms with E-state index in [1.165, 1.54) is 32.1 Å². The summed E-state index contributed by atoms with van der Waals surface area (Å²) in [4.78, 5) is 0. The van der Waals surface area contributed by atoms with E-state index >= 15 is 0 Å². The first-order chi connectivity index (χ1) is 3.91. The Hall–Kier alpha value is 1.42. The van der Waals surface area contributed by atoms with Gasteiger partial charge in [-0.2, -0.15) is 0 Å². The van der Waals surface area contributed by atoms with Gasteiger partial charge in [-0.05, 0) is 13.0 Å². The second-order valence-electron chi connectivity index (χ2n) is 2.20. The van der Waals surface area contributed by atoms with Crippen LogP contribution < -0.4 is 5.73 Å². The van der Waals surface area contributed by atoms with Crippen molar-refractivity contribution in [3.63, 3.8) is 0 Å². The molecular weight excluding hydrogens is 352 g/mol. The molecule has 0 aliphatic heterocycles. The SMILES string of the molecule is CCCCCCCN.I.I. The third kappa shape index (κ3) is 16.2. The summed E-state index contributed by atoms with van der Waals surface area (Å²) < 4.78 is 0. The van der Waals surface area contributed by atoms with Gasteiger partial charge in [0, 0.05) is 0 Å². The van der Waals surface area contributed by atoms with Gasteiger partial charge in [0.25, 0.3) is 0 Å². The average Bonchev–Trinajstić information content (AvgIpc) is 1.81. The fourth-order valence-electron chi connectivity index (χ4n) is 0.748. The van der Waals surface area contributed by atoms with Gasteiger partial charge in [0.05, 0.1) is 0 Å². The van der Waals surface area contributed by atoms with E-state index in [0.717, 1.165) is 6.54 Å². The van der Waals surface area contributed by atoms with Gasteiger partial charge in [-0.15, -0.1) is 48.0 Å². The van der Waals surface area contributed by atoms with Crippen molar-refractivity contribution in [1.29, 1.82) is 0 Å². The highest BCUT2D eigenvalue weighted by Gasteiger charge is 1.83. The van der Waals surface area contributed by atoms with Crippen molar-refractivity contribution in [3.05, 3.63) is 0 Å². The van der Waals surface area contributed by atoms with Gasteiger partial charge >= 0.3 is 0 Å². The largest absolute Gasteiger partial charge is 0.330 e. The summed E-state index contributed by atoms with van der Waals surface area (Å²) in [6.07, 6.45) is 6.60. The predicted molar refractivity (Wildman–Crippen MR) is 68.6 cm³/mol. The zero-order chi connectivity index (χ0) is 6.24. The van der Waals surface area contributed by atoms with Crippen LogP contribution in [-0.4, -0.2) is 6.54 Å². The summed E-state index contributed by atoms with van der Waals surface area (Å²) in [5.41, 5.74) is 5.31. The molecule has 0 aliphatic carbocycles. The van der Waals surface area contributed by atoms with Gasteiger partial charge in [-0.1, -0.05) is 32.6 Å². The Balaban J connectivity index is -0.000000245. The molecule has 0 aliphatic rings. The van der Waals surface area contributed by atoms with Crippen molar-refractivity contribution in [2.45, 2.75) is 39.0 Å². The number of nitrogens with two attached hydrogens (primary N) is 1. The first kappa shape index (κ1) is 17.5. The molecule has 0 saturated heterocycles. The second kappa shape index (κ2) is 16.8. The van der Waals surface area contributed by atoms with Crippen molar-refractivity contribution >= 4 is 48.0 Å². The first-order valence-electron chi connectivity index (χ1n) is 3.62. The van der Waals surface area contributed by atoms with Gasteiger partial charge in [0.1, 0.15) is 0 Å². The van der Waals surface area contributed by atoms with Crippen LogP contribution in [0.15, 0.2) is 0 Å². The van der Waals surface area contributed by atoms with Crippen LogP contribution in [0.1, 0.15) is 39.0 Å². The normalized spacial score (nSPS) is 7.80. The molecule has 1 nitrogen and oxygen atoms in total. The molecule has 0 amide bonds. The standard InChI is InChI=1S/C7H17N.2HI/c1-2-3-4-5-6-7-8;;/h2-8H2,1H3;2*1H. The van der Waals surface area contributed by atoms with E-state index in [9.17, 15) is 0 Å². The van der Waals surface area contributed by atoms with Crippen LogP contribution in [0.4, 0.5) is 0 Å². The molecule has 0 aromatic heterocycles. The lowest BCUT2D eigenvalue weighted by molar-refractivity contribution is 0.638. The quantitative estimate of drug-likeness (QED) is 0.583. The molecule has 2 N–H and O–H groups in total. The molecule has 0 rings (SSSR count). The van der Waals surface area contributed by atoms with Crippen molar-refractivity contribution in [3.8, 4) is 0 Å². The monoisotopic (exact) mass is 371 g/mol. The van der Waals surface area contributed by atoms with Gasteiger partial charge in [0.2, 0.25) is 0 Å². The summed E-state index contributed by atoms with van der Waals surface area (Å²) in [5.74, 6) is 0. The van der Waals surface area contributed by atoms with Gasteiger partial charge in [0.15, 0.2) is 0 Å². The summed E-state index contributed by atoms with van der Waals surface area (Å²) in [6, 6.07) is 0. The maximum atomic E-state index is 5.31. The molecule has 0 unspecified atom stereocenters. The Morgan fingerprint density at radius 1 is 0.900 bits per heavy atom. The first-order valence-corrected chi connectivity index (χ1v) is 3.62. The van der Waals surface area contributed by atoms with Crippen molar-refractivity contribution in [1.82, 2.24) is 0 Å². The lowest BCUT2D eigenvalue weighted by Crippen LogP contribution is -1.97. The summed E-state index contributed by atoms with van der Waals surface area (Å²) in [6.45, 7) is 3.09. The summed E-state index contributed by atoms with van der Waals surface area (Å²) in [7, 11) is 0. The van der Waals surface area contributed by atoms with Crippen LogP contribution in [0.5, 0.6) is 0 Å². The van der Waals surface area contributed by atoms with E-state index in [1.807, 2.05) is 0 Å². The molecule has 0 aromatic carbocycles. The van der Waals surface area contributed by atoms with Gasteiger partial charge in [-0.25, -0.2) is 0 Å². The van der Waals surface area contributed by atoms with E-state index in [2.05, 4.69) is 6.92 Å². The molecular formula is C7H19I2N. The highest BCUT2D eigenvalue weighted by molar-refractivity contribution is 14.0. The molecule has 10 heavy (non-hydrogen) atoms. The number of unbranched alkanes of at least 4 members (excludes halogenated alkanes) is 4. The van der Waals surface area contributed by atoms with E-state index in [-0.39, 0.29) is 48.0 Å². The summed E-state index contributed by atoms with van der Waals surface area (Å²) in [5, 5.41) is 0. The Labute approximate surface area is 98.6 Å². The smallest absolute Gasteiger partial charge is 0.00773 e. The fourth-order valence-corrected chi connectivity index (χ4v) is 0.748. The number of hydrogen-bond acceptors (Lipinski definition) is 1. The van der Waals surface area contributed by atoms with Gasteiger partial charge < -0.3 is 5.73 Å². The van der Waals surface area contributed by atoms with Crippen molar-refractivity contribution in [2.24, 2.45) is 5.73 Å². The topological polar surface area (TPSA) is 26.0 Å². The minimum atomic E-state index is 0. The van der Waals surface area contributed by atoms with E-state index in [1.54, 1.807) is 0 Å². The minimum Gasteiger partial charge on any atom is -0.330 e. The predicted octanol–water partition coefficient (Wildman–Crippen LogP) is 3.15. The van der Waals surface area contributed by atoms with E-state index in [4.69, 9.17) is 5.73 Å². The third-order valence-corrected chi connectivity index (χ3v) is 1.31. The lowest BCUT2D eigenvalue weighted by Gasteiger charge is -1.93. The lowest BCUT2D eigenvalue weighted by atomic mass is 10.2. The zero-order valence-electron chi connectivity index (χ0n) is 6.64. The van der Waals surface area contributed by atoms with Crippen molar-refractivity contribution < 1.29 is 0 Å². The summed E-state index contributed by atoms with van der Waals surface area (Å²) >= 11 is 0. The van der Waals surface area contributed by atoms with Crippen LogP contribution in [0, 0.1) is 0 Å². The molecule has 0 bridgehead atoms. The van der Waals surface area contributed by atoms with Crippen LogP contribution in [0.2, 0.25) is 0 Å². The molecule has 0 spiro atoms. The van der Waals surface area contributed by atoms with E-state index in [0.29, 0.717) is 0 Å². The molecule has 66 valence electrons. The Kier molecular flexibility index (Phi) is 29.4. The minimum absolute atomic E-state index is 0. The third-order valence-electron chi connectivity index (χ3n) is 1.31. The maximum Gasteiger partial charge on any atom is -0.00773 e. The highest BCUT2D eigenvalue weighted by atomic mass is 127. The average molecular weight is 371 g/mol. The molecule has 0 atom stereocenters. The number of halogens is 2. The molecule has 0 heterocycles. The maximum absolute atomic E-state index is 5.31. The highest BCUT2D eigenvalue weighted by Crippen LogP contribution is 2.00. The molecule has 0 aromatic rings. The second-order valence-corrected chi connectivity index (χ2v) is 2.20. The van der Waals surface area contributed by atoms with Crippen molar-refractivity contribution in [2.75, 3.05) is 6.54 Å². The van der Waals surface area contributed by atoms with Crippen LogP contribution in [0.3, 0.4) is 0 Å². The molecule has 0 saturated carbocycles. The number of hydrogen-bond donors (Lipinski definition) is 1. The van der Waals surface area contributed by atoms with Crippen LogP contribution in [0.25, 0.3) is 0 Å². The van der Waals surface area contributed by atoms with Crippen LogP contribution in [-0.2, 0) is 0 Å². The zero-order valence-corrected chi connectivity index (χ0v) is 11.3. The number of rotatable bonds is 5. The van der Waals surface area contributed by atoms with Crippen LogP contribution >= 0.6 is 48.0 Å².